The van der Waals surface area contributed by atoms with E-state index >= 15 is 0 Å². The molecule has 3 rings (SSSR count). The molecule has 1 aromatic rings. The zero-order valence-corrected chi connectivity index (χ0v) is 16.5. The van der Waals surface area contributed by atoms with Gasteiger partial charge in [-0.05, 0) is 43.4 Å². The topological polar surface area (TPSA) is 57.7 Å². The van der Waals surface area contributed by atoms with Gasteiger partial charge in [-0.25, -0.2) is 8.42 Å². The van der Waals surface area contributed by atoms with E-state index in [1.54, 1.807) is 28.6 Å². The number of likely N-dealkylation sites (N-methyl/N-ethyl adjacent to an activating group) is 1. The first-order valence-corrected chi connectivity index (χ1v) is 11.3. The Morgan fingerprint density at radius 1 is 1.00 bits per heavy atom. The number of amides is 1. The molecule has 6 heteroatoms. The summed E-state index contributed by atoms with van der Waals surface area (Å²) in [5.41, 5.74) is 0.871. The van der Waals surface area contributed by atoms with Gasteiger partial charge < -0.3 is 4.90 Å². The predicted molar refractivity (Wildman–Crippen MR) is 102 cm³/mol. The number of carbonyl (C=O) groups is 1. The summed E-state index contributed by atoms with van der Waals surface area (Å²) in [5, 5.41) is 0. The molecule has 5 nitrogen and oxygen atoms in total. The molecule has 2 fully saturated rings. The van der Waals surface area contributed by atoms with Crippen molar-refractivity contribution in [3.05, 3.63) is 29.8 Å². The molecular formula is C20H30N2O3S. The fourth-order valence-electron chi connectivity index (χ4n) is 4.00. The normalized spacial score (nSPS) is 20.0. The van der Waals surface area contributed by atoms with Gasteiger partial charge in [-0.3, -0.25) is 4.79 Å². The number of hydrogen-bond donors (Lipinski definition) is 0. The van der Waals surface area contributed by atoms with Gasteiger partial charge in [0, 0.05) is 26.2 Å². The minimum absolute atomic E-state index is 0.114. The van der Waals surface area contributed by atoms with Crippen LogP contribution in [0.1, 0.15) is 56.9 Å². The van der Waals surface area contributed by atoms with Crippen molar-refractivity contribution >= 4 is 15.9 Å². The van der Waals surface area contributed by atoms with Gasteiger partial charge in [0.1, 0.15) is 0 Å². The fraction of sp³-hybridized carbons (Fsp3) is 0.650. The molecule has 0 bridgehead atoms. The largest absolute Gasteiger partial charge is 0.342 e. The zero-order valence-electron chi connectivity index (χ0n) is 15.7. The third-order valence-electron chi connectivity index (χ3n) is 5.75. The second kappa shape index (κ2) is 8.53. The van der Waals surface area contributed by atoms with Crippen LogP contribution in [0.2, 0.25) is 0 Å². The van der Waals surface area contributed by atoms with Crippen LogP contribution in [0.25, 0.3) is 0 Å². The van der Waals surface area contributed by atoms with E-state index in [2.05, 4.69) is 0 Å². The summed E-state index contributed by atoms with van der Waals surface area (Å²) >= 11 is 0. The van der Waals surface area contributed by atoms with Gasteiger partial charge in [-0.1, -0.05) is 37.8 Å². The lowest BCUT2D eigenvalue weighted by molar-refractivity contribution is -0.131. The van der Waals surface area contributed by atoms with E-state index in [0.29, 0.717) is 30.4 Å². The molecule has 26 heavy (non-hydrogen) atoms. The molecule has 0 N–H and O–H groups in total. The van der Waals surface area contributed by atoms with E-state index in [1.807, 2.05) is 11.9 Å². The minimum atomic E-state index is -3.40. The first kappa shape index (κ1) is 19.4. The van der Waals surface area contributed by atoms with Crippen LogP contribution < -0.4 is 0 Å². The van der Waals surface area contributed by atoms with Crippen molar-refractivity contribution < 1.29 is 13.2 Å². The number of benzene rings is 1. The molecule has 0 aromatic heterocycles. The Morgan fingerprint density at radius 2 is 1.58 bits per heavy atom. The SMILES string of the molecule is CN(C(=O)Cc1ccc(S(=O)(=O)N2CCCCC2)cc1)C1CCCCC1. The van der Waals surface area contributed by atoms with Crippen molar-refractivity contribution in [3.8, 4) is 0 Å². The Bertz CT molecular complexity index is 703. The van der Waals surface area contributed by atoms with E-state index in [4.69, 9.17) is 0 Å². The highest BCUT2D eigenvalue weighted by Gasteiger charge is 2.26. The predicted octanol–water partition coefficient (Wildman–Crippen LogP) is 3.19. The van der Waals surface area contributed by atoms with Crippen molar-refractivity contribution in [3.63, 3.8) is 0 Å². The van der Waals surface area contributed by atoms with Crippen LogP contribution in [0.4, 0.5) is 0 Å². The maximum atomic E-state index is 12.7. The molecule has 144 valence electrons. The quantitative estimate of drug-likeness (QED) is 0.791. The molecule has 1 heterocycles. The fourth-order valence-corrected chi connectivity index (χ4v) is 5.52. The number of sulfonamides is 1. The number of piperidine rings is 1. The maximum Gasteiger partial charge on any atom is 0.243 e. The monoisotopic (exact) mass is 378 g/mol. The first-order valence-electron chi connectivity index (χ1n) is 9.83. The lowest BCUT2D eigenvalue weighted by Gasteiger charge is -2.31. The molecule has 0 unspecified atom stereocenters. The van der Waals surface area contributed by atoms with Crippen LogP contribution in [-0.2, 0) is 21.2 Å². The summed E-state index contributed by atoms with van der Waals surface area (Å²) in [5.74, 6) is 0.114. The van der Waals surface area contributed by atoms with Crippen molar-refractivity contribution in [1.82, 2.24) is 9.21 Å². The van der Waals surface area contributed by atoms with E-state index in [1.165, 1.54) is 19.3 Å². The molecule has 0 radical (unpaired) electrons. The van der Waals surface area contributed by atoms with Crippen LogP contribution in [-0.4, -0.2) is 49.7 Å². The summed E-state index contributed by atoms with van der Waals surface area (Å²) in [6.45, 7) is 1.21. The van der Waals surface area contributed by atoms with Crippen molar-refractivity contribution in [2.75, 3.05) is 20.1 Å². The van der Waals surface area contributed by atoms with E-state index in [9.17, 15) is 13.2 Å². The smallest absolute Gasteiger partial charge is 0.243 e. The summed E-state index contributed by atoms with van der Waals surface area (Å²) in [6.07, 6.45) is 9.14. The minimum Gasteiger partial charge on any atom is -0.342 e. The summed E-state index contributed by atoms with van der Waals surface area (Å²) < 4.78 is 26.9. The molecular weight excluding hydrogens is 348 g/mol. The van der Waals surface area contributed by atoms with E-state index in [0.717, 1.165) is 37.7 Å². The molecule has 1 aliphatic heterocycles. The Kier molecular flexibility index (Phi) is 6.35. The summed E-state index contributed by atoms with van der Waals surface area (Å²) in [4.78, 5) is 14.8. The Hall–Kier alpha value is -1.40. The molecule has 1 aliphatic carbocycles. The van der Waals surface area contributed by atoms with Gasteiger partial charge in [-0.15, -0.1) is 0 Å². The highest BCUT2D eigenvalue weighted by Crippen LogP contribution is 2.23. The highest BCUT2D eigenvalue weighted by atomic mass is 32.2. The lowest BCUT2D eigenvalue weighted by atomic mass is 9.94. The van der Waals surface area contributed by atoms with Crippen LogP contribution in [0.5, 0.6) is 0 Å². The van der Waals surface area contributed by atoms with Gasteiger partial charge in [0.25, 0.3) is 0 Å². The zero-order chi connectivity index (χ0) is 18.6. The van der Waals surface area contributed by atoms with Crippen molar-refractivity contribution in [2.45, 2.75) is 68.7 Å². The number of nitrogens with zero attached hydrogens (tertiary/aromatic N) is 2. The molecule has 0 spiro atoms. The van der Waals surface area contributed by atoms with E-state index in [-0.39, 0.29) is 5.91 Å². The standard InChI is InChI=1S/C20H30N2O3S/c1-21(18-8-4-2-5-9-18)20(23)16-17-10-12-19(13-11-17)26(24,25)22-14-6-3-7-15-22/h10-13,18H,2-9,14-16H2,1H3. The van der Waals surface area contributed by atoms with Gasteiger partial charge in [0.15, 0.2) is 0 Å². The molecule has 0 atom stereocenters. The van der Waals surface area contributed by atoms with Gasteiger partial charge in [0.05, 0.1) is 11.3 Å². The number of rotatable bonds is 5. The van der Waals surface area contributed by atoms with Crippen LogP contribution in [0, 0.1) is 0 Å². The summed E-state index contributed by atoms with van der Waals surface area (Å²) in [6, 6.07) is 7.21. The first-order chi connectivity index (χ1) is 12.5. The molecule has 2 aliphatic rings. The number of hydrogen-bond acceptors (Lipinski definition) is 3. The van der Waals surface area contributed by atoms with Gasteiger partial charge >= 0.3 is 0 Å². The average Bonchev–Trinajstić information content (AvgIpc) is 2.69. The van der Waals surface area contributed by atoms with Crippen molar-refractivity contribution in [2.24, 2.45) is 0 Å². The van der Waals surface area contributed by atoms with Crippen LogP contribution in [0.15, 0.2) is 29.2 Å². The molecule has 1 saturated heterocycles. The van der Waals surface area contributed by atoms with Gasteiger partial charge in [-0.2, -0.15) is 4.31 Å². The third kappa shape index (κ3) is 4.46. The Morgan fingerprint density at radius 3 is 2.19 bits per heavy atom. The third-order valence-corrected chi connectivity index (χ3v) is 7.66. The van der Waals surface area contributed by atoms with Crippen LogP contribution in [0.3, 0.4) is 0 Å². The molecule has 1 amide bonds. The Labute approximate surface area is 157 Å². The highest BCUT2D eigenvalue weighted by molar-refractivity contribution is 7.89. The average molecular weight is 379 g/mol. The molecule has 1 aromatic carbocycles. The van der Waals surface area contributed by atoms with E-state index < -0.39 is 10.0 Å². The summed E-state index contributed by atoms with van der Waals surface area (Å²) in [7, 11) is -1.51. The lowest BCUT2D eigenvalue weighted by Crippen LogP contribution is -2.39. The second-order valence-electron chi connectivity index (χ2n) is 7.58. The number of carbonyl (C=O) groups excluding carboxylic acids is 1. The molecule has 1 saturated carbocycles. The van der Waals surface area contributed by atoms with Crippen LogP contribution >= 0.6 is 0 Å². The van der Waals surface area contributed by atoms with Crippen molar-refractivity contribution in [1.29, 1.82) is 0 Å². The van der Waals surface area contributed by atoms with Gasteiger partial charge in [0.2, 0.25) is 15.9 Å². The maximum absolute atomic E-state index is 12.7. The second-order valence-corrected chi connectivity index (χ2v) is 9.52. The Balaban J connectivity index is 1.62.